The first kappa shape index (κ1) is 20.5. The van der Waals surface area contributed by atoms with E-state index in [1.807, 2.05) is 0 Å². The van der Waals surface area contributed by atoms with E-state index >= 15 is 0 Å². The van der Waals surface area contributed by atoms with Gasteiger partial charge in [0.1, 0.15) is 5.60 Å². The van der Waals surface area contributed by atoms with E-state index in [2.05, 4.69) is 19.9 Å². The molecule has 0 saturated heterocycles. The Morgan fingerprint density at radius 3 is 2.46 bits per heavy atom. The van der Waals surface area contributed by atoms with Gasteiger partial charge in [-0.25, -0.2) is 4.18 Å². The number of carbonyl (C=O) groups excluding carboxylic acids is 1. The van der Waals surface area contributed by atoms with E-state index in [4.69, 9.17) is 8.74 Å². The summed E-state index contributed by atoms with van der Waals surface area (Å²) in [4.78, 5) is 12.3. The van der Waals surface area contributed by atoms with E-state index in [0.29, 0.717) is 37.0 Å². The number of fused-ring (bicyclic) bond motifs is 5. The van der Waals surface area contributed by atoms with E-state index in [1.54, 1.807) is 0 Å². The van der Waals surface area contributed by atoms with Gasteiger partial charge in [0, 0.05) is 5.41 Å². The fourth-order valence-corrected chi connectivity index (χ4v) is 7.98. The van der Waals surface area contributed by atoms with Crippen LogP contribution in [0.4, 0.5) is 0 Å². The first-order valence-electron chi connectivity index (χ1n) is 10.5. The van der Waals surface area contributed by atoms with Crippen LogP contribution in [0, 0.1) is 28.6 Å². The van der Waals surface area contributed by atoms with Crippen LogP contribution < -0.4 is 0 Å². The van der Waals surface area contributed by atoms with Crippen LogP contribution in [0.3, 0.4) is 0 Å². The van der Waals surface area contributed by atoms with Crippen LogP contribution in [0.2, 0.25) is 0 Å². The van der Waals surface area contributed by atoms with Gasteiger partial charge in [-0.1, -0.05) is 25.5 Å². The second kappa shape index (κ2) is 6.37. The lowest BCUT2D eigenvalue weighted by molar-refractivity contribution is -0.159. The molecular formula is C21H32O6S. The van der Waals surface area contributed by atoms with Gasteiger partial charge in [0.2, 0.25) is 0 Å². The third-order valence-electron chi connectivity index (χ3n) is 9.05. The quantitative estimate of drug-likeness (QED) is 0.544. The van der Waals surface area contributed by atoms with E-state index in [9.17, 15) is 18.3 Å². The zero-order valence-electron chi connectivity index (χ0n) is 17.0. The molecular weight excluding hydrogens is 380 g/mol. The van der Waals surface area contributed by atoms with Crippen LogP contribution in [-0.2, 0) is 19.4 Å². The third kappa shape index (κ3) is 2.84. The molecule has 0 heterocycles. The maximum atomic E-state index is 12.3. The lowest BCUT2D eigenvalue weighted by atomic mass is 9.47. The van der Waals surface area contributed by atoms with Crippen LogP contribution in [0.1, 0.15) is 72.1 Å². The largest absolute Gasteiger partial charge is 0.397 e. The number of ketones is 1. The van der Waals surface area contributed by atoms with Gasteiger partial charge in [0.15, 0.2) is 5.78 Å². The number of hydrogen-bond donors (Lipinski definition) is 2. The summed E-state index contributed by atoms with van der Waals surface area (Å²) >= 11 is 0. The van der Waals surface area contributed by atoms with Crippen molar-refractivity contribution >= 4 is 16.2 Å². The van der Waals surface area contributed by atoms with Crippen molar-refractivity contribution in [3.8, 4) is 0 Å². The molecule has 0 amide bonds. The predicted octanol–water partition coefficient (Wildman–Crippen LogP) is 3.46. The fraction of sp³-hybridized carbons (Fsp3) is 0.857. The van der Waals surface area contributed by atoms with Crippen molar-refractivity contribution in [1.29, 1.82) is 0 Å². The van der Waals surface area contributed by atoms with E-state index < -0.39 is 22.1 Å². The molecule has 0 aromatic carbocycles. The monoisotopic (exact) mass is 412 g/mol. The molecule has 0 aromatic heterocycles. The Labute approximate surface area is 167 Å². The molecule has 158 valence electrons. The second-order valence-electron chi connectivity index (χ2n) is 10.1. The van der Waals surface area contributed by atoms with Crippen LogP contribution in [0.15, 0.2) is 11.6 Å². The molecule has 0 aromatic rings. The SMILES string of the molecule is CC(=O)[C@]1(O)CC[C@@H]2[C@H]3CC=C4C[C@@H](OS(=O)(=O)O)CC[C@]4(C)[C@@H]3CC[C@@]21C. The minimum atomic E-state index is -4.43. The molecule has 0 unspecified atom stereocenters. The summed E-state index contributed by atoms with van der Waals surface area (Å²) in [5, 5.41) is 11.2. The third-order valence-corrected chi connectivity index (χ3v) is 9.57. The molecule has 6 nitrogen and oxygen atoms in total. The molecule has 7 heteroatoms. The lowest BCUT2D eigenvalue weighted by Gasteiger charge is -2.58. The molecule has 3 fully saturated rings. The summed E-state index contributed by atoms with van der Waals surface area (Å²) < 4.78 is 36.1. The molecule has 0 radical (unpaired) electrons. The number of carbonyl (C=O) groups is 1. The van der Waals surface area contributed by atoms with Crippen LogP contribution in [0.25, 0.3) is 0 Å². The lowest BCUT2D eigenvalue weighted by Crippen LogP contribution is -2.57. The Morgan fingerprint density at radius 1 is 1.14 bits per heavy atom. The van der Waals surface area contributed by atoms with E-state index in [0.717, 1.165) is 32.1 Å². The van der Waals surface area contributed by atoms with Gasteiger partial charge in [-0.15, -0.1) is 0 Å². The average Bonchev–Trinajstić information content (AvgIpc) is 2.87. The Morgan fingerprint density at radius 2 is 1.82 bits per heavy atom. The van der Waals surface area contributed by atoms with Gasteiger partial charge in [-0.05, 0) is 81.5 Å². The van der Waals surface area contributed by atoms with Gasteiger partial charge < -0.3 is 5.11 Å². The van der Waals surface area contributed by atoms with Gasteiger partial charge in [0.05, 0.1) is 6.10 Å². The normalized spacial score (nSPS) is 48.2. The number of allylic oxidation sites excluding steroid dienone is 1. The average molecular weight is 413 g/mol. The maximum Gasteiger partial charge on any atom is 0.397 e. The first-order chi connectivity index (χ1) is 12.9. The highest BCUT2D eigenvalue weighted by Gasteiger charge is 2.65. The summed E-state index contributed by atoms with van der Waals surface area (Å²) in [6, 6.07) is 0. The Balaban J connectivity index is 1.61. The van der Waals surface area contributed by atoms with Crippen molar-refractivity contribution < 1.29 is 27.1 Å². The topological polar surface area (TPSA) is 101 Å². The van der Waals surface area contributed by atoms with Gasteiger partial charge in [0.25, 0.3) is 0 Å². The smallest absolute Gasteiger partial charge is 0.382 e. The number of Topliss-reactive ketones (excluding diaryl/α,β-unsaturated/α-hetero) is 1. The molecule has 0 bridgehead atoms. The van der Waals surface area contributed by atoms with Crippen molar-refractivity contribution in [3.05, 3.63) is 11.6 Å². The molecule has 4 rings (SSSR count). The molecule has 4 aliphatic rings. The number of aliphatic hydroxyl groups is 1. The number of hydrogen-bond acceptors (Lipinski definition) is 5. The summed E-state index contributed by atoms with van der Waals surface area (Å²) in [5.74, 6) is 1.16. The zero-order chi connectivity index (χ0) is 20.5. The van der Waals surface area contributed by atoms with Crippen LogP contribution in [-0.4, -0.2) is 35.6 Å². The molecule has 2 N–H and O–H groups in total. The van der Waals surface area contributed by atoms with Crippen molar-refractivity contribution in [2.24, 2.45) is 28.6 Å². The van der Waals surface area contributed by atoms with E-state index in [-0.39, 0.29) is 16.6 Å². The predicted molar refractivity (Wildman–Crippen MR) is 104 cm³/mol. The molecule has 7 atom stereocenters. The van der Waals surface area contributed by atoms with Gasteiger partial charge >= 0.3 is 10.4 Å². The minimum absolute atomic E-state index is 0.000252. The summed E-state index contributed by atoms with van der Waals surface area (Å²) in [5.41, 5.74) is -0.307. The standard InChI is InChI=1S/C21H32O6S/c1-13(22)21(23)11-8-18-16-5-4-14-12-15(27-28(24,25)26)6-9-19(14,2)17(16)7-10-20(18,21)3/h4,15-18,23H,5-12H2,1-3H3,(H,24,25,26)/t15-,16-,17+,18+,19-,20-,21+/m0/s1. The van der Waals surface area contributed by atoms with Crippen molar-refractivity contribution in [2.75, 3.05) is 0 Å². The zero-order valence-corrected chi connectivity index (χ0v) is 17.8. The molecule has 0 aliphatic heterocycles. The Kier molecular flexibility index (Phi) is 4.66. The fourth-order valence-electron chi connectivity index (χ4n) is 7.48. The summed E-state index contributed by atoms with van der Waals surface area (Å²) in [6.45, 7) is 5.92. The number of rotatable bonds is 3. The molecule has 28 heavy (non-hydrogen) atoms. The van der Waals surface area contributed by atoms with Crippen LogP contribution >= 0.6 is 0 Å². The van der Waals surface area contributed by atoms with Crippen LogP contribution in [0.5, 0.6) is 0 Å². The molecule has 3 saturated carbocycles. The minimum Gasteiger partial charge on any atom is -0.382 e. The second-order valence-corrected chi connectivity index (χ2v) is 11.1. The van der Waals surface area contributed by atoms with E-state index in [1.165, 1.54) is 12.5 Å². The first-order valence-corrected chi connectivity index (χ1v) is 11.9. The molecule has 4 aliphatic carbocycles. The Bertz CT molecular complexity index is 819. The van der Waals surface area contributed by atoms with Crippen molar-refractivity contribution in [3.63, 3.8) is 0 Å². The Hall–Kier alpha value is -0.760. The summed E-state index contributed by atoms with van der Waals surface area (Å²) in [6.07, 6.45) is 7.92. The van der Waals surface area contributed by atoms with Gasteiger partial charge in [-0.3, -0.25) is 9.35 Å². The van der Waals surface area contributed by atoms with Crippen molar-refractivity contribution in [1.82, 2.24) is 0 Å². The molecule has 0 spiro atoms. The maximum absolute atomic E-state index is 12.3. The highest BCUT2D eigenvalue weighted by atomic mass is 32.3. The van der Waals surface area contributed by atoms with Crippen molar-refractivity contribution in [2.45, 2.75) is 83.8 Å². The highest BCUT2D eigenvalue weighted by molar-refractivity contribution is 7.80. The summed E-state index contributed by atoms with van der Waals surface area (Å²) in [7, 11) is -4.43. The highest BCUT2D eigenvalue weighted by Crippen LogP contribution is 2.67. The van der Waals surface area contributed by atoms with Gasteiger partial charge in [-0.2, -0.15) is 8.42 Å².